The molecule has 188 valence electrons. The molecule has 2 aliphatic rings. The topological polar surface area (TPSA) is 103 Å². The highest BCUT2D eigenvalue weighted by molar-refractivity contribution is 7.89. The molecule has 0 bridgehead atoms. The van der Waals surface area contributed by atoms with Crippen LogP contribution in [0, 0.1) is 0 Å². The zero-order valence-electron chi connectivity index (χ0n) is 19.9. The summed E-state index contributed by atoms with van der Waals surface area (Å²) < 4.78 is 56.1. The lowest BCUT2D eigenvalue weighted by atomic mass is 9.97. The largest absolute Gasteiger partial charge is 0.342 e. The summed E-state index contributed by atoms with van der Waals surface area (Å²) in [6.45, 7) is 3.32. The van der Waals surface area contributed by atoms with Gasteiger partial charge in [0.25, 0.3) is 0 Å². The molecule has 0 saturated carbocycles. The van der Waals surface area contributed by atoms with E-state index in [2.05, 4.69) is 9.97 Å². The second kappa shape index (κ2) is 9.65. The Labute approximate surface area is 207 Å². The number of nitrogens with zero attached hydrogens (tertiary/aromatic N) is 3. The monoisotopic (exact) mass is 516 g/mol. The quantitative estimate of drug-likeness (QED) is 0.532. The van der Waals surface area contributed by atoms with E-state index < -0.39 is 20.0 Å². The Morgan fingerprint density at radius 1 is 0.857 bits per heavy atom. The Bertz CT molecular complexity index is 1360. The third-order valence-corrected chi connectivity index (χ3v) is 11.2. The molecule has 0 amide bonds. The minimum absolute atomic E-state index is 0.00482. The molecule has 0 radical (unpaired) electrons. The molecule has 2 aromatic carbocycles. The molecule has 35 heavy (non-hydrogen) atoms. The van der Waals surface area contributed by atoms with Crippen molar-refractivity contribution in [1.82, 2.24) is 18.6 Å². The Kier molecular flexibility index (Phi) is 6.73. The lowest BCUT2D eigenvalue weighted by Gasteiger charge is -2.34. The first-order chi connectivity index (χ1) is 16.8. The molecule has 1 N–H and O–H groups in total. The maximum atomic E-state index is 13.3. The van der Waals surface area contributed by atoms with Crippen LogP contribution < -0.4 is 0 Å². The third-order valence-electron chi connectivity index (χ3n) is 7.36. The van der Waals surface area contributed by atoms with Crippen molar-refractivity contribution in [2.24, 2.45) is 0 Å². The van der Waals surface area contributed by atoms with Crippen LogP contribution in [-0.2, 0) is 20.0 Å². The molecule has 0 aliphatic carbocycles. The fourth-order valence-corrected chi connectivity index (χ4v) is 8.54. The van der Waals surface area contributed by atoms with Crippen LogP contribution in [-0.4, -0.2) is 61.1 Å². The number of nitrogens with one attached hydrogen (secondary N) is 1. The van der Waals surface area contributed by atoms with Crippen molar-refractivity contribution in [3.63, 3.8) is 0 Å². The van der Waals surface area contributed by atoms with Crippen LogP contribution >= 0.6 is 0 Å². The number of imidazole rings is 1. The fourth-order valence-electron chi connectivity index (χ4n) is 5.30. The van der Waals surface area contributed by atoms with E-state index in [4.69, 9.17) is 0 Å². The summed E-state index contributed by atoms with van der Waals surface area (Å²) in [5.74, 6) is 1.08. The van der Waals surface area contributed by atoms with Gasteiger partial charge in [0.2, 0.25) is 20.0 Å². The van der Waals surface area contributed by atoms with Crippen molar-refractivity contribution in [3.05, 3.63) is 54.4 Å². The van der Waals surface area contributed by atoms with Crippen molar-refractivity contribution in [1.29, 1.82) is 0 Å². The molecule has 1 aromatic heterocycles. The van der Waals surface area contributed by atoms with Crippen LogP contribution in [0.1, 0.15) is 57.2 Å². The molecule has 1 atom stereocenters. The van der Waals surface area contributed by atoms with Crippen LogP contribution in [0.4, 0.5) is 0 Å². The van der Waals surface area contributed by atoms with Gasteiger partial charge in [0.1, 0.15) is 5.82 Å². The van der Waals surface area contributed by atoms with Crippen LogP contribution in [0.5, 0.6) is 0 Å². The number of rotatable bonds is 6. The number of fused-ring (bicyclic) bond motifs is 1. The summed E-state index contributed by atoms with van der Waals surface area (Å²) in [5.41, 5.74) is 1.91. The second-order valence-electron chi connectivity index (χ2n) is 9.46. The summed E-state index contributed by atoms with van der Waals surface area (Å²) in [6, 6.07) is 13.6. The van der Waals surface area contributed by atoms with Crippen molar-refractivity contribution >= 4 is 31.1 Å². The van der Waals surface area contributed by atoms with Crippen molar-refractivity contribution in [2.75, 3.05) is 19.6 Å². The summed E-state index contributed by atoms with van der Waals surface area (Å²) in [5, 5.41) is 0. The molecular weight excluding hydrogens is 484 g/mol. The number of hydrogen-bond donors (Lipinski definition) is 1. The first kappa shape index (κ1) is 24.4. The van der Waals surface area contributed by atoms with Crippen LogP contribution in [0.25, 0.3) is 11.0 Å². The average molecular weight is 517 g/mol. The maximum absolute atomic E-state index is 13.3. The average Bonchev–Trinajstić information content (AvgIpc) is 3.33. The van der Waals surface area contributed by atoms with Crippen molar-refractivity contribution in [2.45, 2.75) is 67.2 Å². The number of sulfonamides is 2. The maximum Gasteiger partial charge on any atom is 0.243 e. The van der Waals surface area contributed by atoms with Gasteiger partial charge in [-0.1, -0.05) is 25.5 Å². The van der Waals surface area contributed by atoms with E-state index in [1.165, 1.54) is 28.6 Å². The van der Waals surface area contributed by atoms with Gasteiger partial charge in [-0.25, -0.2) is 21.8 Å². The second-order valence-corrected chi connectivity index (χ2v) is 13.3. The lowest BCUT2D eigenvalue weighted by Crippen LogP contribution is -2.43. The molecule has 0 spiro atoms. The van der Waals surface area contributed by atoms with E-state index in [9.17, 15) is 16.8 Å². The molecule has 3 heterocycles. The summed E-state index contributed by atoms with van der Waals surface area (Å²) in [4.78, 5) is 8.33. The van der Waals surface area contributed by atoms with Gasteiger partial charge in [0, 0.05) is 31.6 Å². The SMILES string of the molecule is CC[C@H]1CCCCN1S(=O)(=O)c1ccc(S(=O)(=O)N2CCC(c3nc4ccccc4[nH]3)CC2)cc1. The van der Waals surface area contributed by atoms with Gasteiger partial charge in [0.15, 0.2) is 0 Å². The van der Waals surface area contributed by atoms with Crippen LogP contribution in [0.15, 0.2) is 58.3 Å². The van der Waals surface area contributed by atoms with Crippen LogP contribution in [0.3, 0.4) is 0 Å². The van der Waals surface area contributed by atoms with Gasteiger partial charge in [-0.15, -0.1) is 0 Å². The molecule has 8 nitrogen and oxygen atoms in total. The summed E-state index contributed by atoms with van der Waals surface area (Å²) in [7, 11) is -7.35. The minimum atomic E-state index is -3.70. The number of aromatic nitrogens is 2. The predicted molar refractivity (Wildman–Crippen MR) is 135 cm³/mol. The molecule has 3 aromatic rings. The molecule has 5 rings (SSSR count). The molecular formula is C25H32N4O4S2. The van der Waals surface area contributed by atoms with Gasteiger partial charge in [-0.3, -0.25) is 0 Å². The lowest BCUT2D eigenvalue weighted by molar-refractivity contribution is 0.246. The van der Waals surface area contributed by atoms with Gasteiger partial charge in [-0.05, 0) is 68.5 Å². The smallest absolute Gasteiger partial charge is 0.243 e. The molecule has 0 unspecified atom stereocenters. The number of hydrogen-bond acceptors (Lipinski definition) is 5. The normalized spacial score (nSPS) is 21.5. The summed E-state index contributed by atoms with van der Waals surface area (Å²) in [6.07, 6.45) is 4.89. The highest BCUT2D eigenvalue weighted by atomic mass is 32.2. The molecule has 10 heteroatoms. The number of piperidine rings is 2. The van der Waals surface area contributed by atoms with Gasteiger partial charge in [0.05, 0.1) is 20.8 Å². The number of H-pyrrole nitrogens is 1. The number of aromatic amines is 1. The first-order valence-electron chi connectivity index (χ1n) is 12.4. The van der Waals surface area contributed by atoms with Gasteiger partial charge in [-0.2, -0.15) is 8.61 Å². The Balaban J connectivity index is 1.28. The fraction of sp³-hybridized carbons (Fsp3) is 0.480. The Morgan fingerprint density at radius 2 is 1.51 bits per heavy atom. The molecule has 2 fully saturated rings. The van der Waals surface area contributed by atoms with E-state index in [0.717, 1.165) is 42.5 Å². The van der Waals surface area contributed by atoms with E-state index >= 15 is 0 Å². The molecule has 2 aliphatic heterocycles. The Hall–Kier alpha value is -2.27. The third kappa shape index (κ3) is 4.64. The highest BCUT2D eigenvalue weighted by Gasteiger charge is 2.34. The number of para-hydroxylation sites is 2. The zero-order valence-corrected chi connectivity index (χ0v) is 21.6. The standard InChI is InChI=1S/C25H32N4O4S2/c1-2-20-7-5-6-16-29(20)35(32,33)22-12-10-21(11-13-22)34(30,31)28-17-14-19(15-18-28)25-26-23-8-3-4-9-24(23)27-25/h3-4,8-13,19-20H,2,5-7,14-18H2,1H3,(H,26,27)/t20-/m0/s1. The van der Waals surface area contributed by atoms with E-state index in [1.54, 1.807) is 4.31 Å². The molecule has 2 saturated heterocycles. The highest BCUT2D eigenvalue weighted by Crippen LogP contribution is 2.32. The van der Waals surface area contributed by atoms with Crippen molar-refractivity contribution in [3.8, 4) is 0 Å². The number of benzene rings is 2. The van der Waals surface area contributed by atoms with E-state index in [1.807, 2.05) is 31.2 Å². The van der Waals surface area contributed by atoms with E-state index in [0.29, 0.717) is 32.5 Å². The first-order valence-corrected chi connectivity index (χ1v) is 15.3. The van der Waals surface area contributed by atoms with Crippen LogP contribution in [0.2, 0.25) is 0 Å². The zero-order chi connectivity index (χ0) is 24.6. The Morgan fingerprint density at radius 3 is 2.17 bits per heavy atom. The predicted octanol–water partition coefficient (Wildman–Crippen LogP) is 4.08. The van der Waals surface area contributed by atoms with E-state index in [-0.39, 0.29) is 21.8 Å². The van der Waals surface area contributed by atoms with Gasteiger partial charge >= 0.3 is 0 Å². The van der Waals surface area contributed by atoms with Gasteiger partial charge < -0.3 is 4.98 Å². The van der Waals surface area contributed by atoms with Crippen molar-refractivity contribution < 1.29 is 16.8 Å². The minimum Gasteiger partial charge on any atom is -0.342 e. The summed E-state index contributed by atoms with van der Waals surface area (Å²) >= 11 is 0.